The van der Waals surface area contributed by atoms with E-state index in [0.29, 0.717) is 52.1 Å². The highest BCUT2D eigenvalue weighted by atomic mass is 16.5. The summed E-state index contributed by atoms with van der Waals surface area (Å²) in [5, 5.41) is 3.03. The van der Waals surface area contributed by atoms with Gasteiger partial charge in [0.15, 0.2) is 5.78 Å². The smallest absolute Gasteiger partial charge is 0.226 e. The molecule has 0 aromatic heterocycles. The van der Waals surface area contributed by atoms with Gasteiger partial charge in [0.2, 0.25) is 17.7 Å². The van der Waals surface area contributed by atoms with Crippen molar-refractivity contribution in [1.82, 2.24) is 15.1 Å². The minimum absolute atomic E-state index is 0.0404. The molecule has 1 fully saturated rings. The lowest BCUT2D eigenvalue weighted by Crippen LogP contribution is -2.48. The number of carbonyl (C=O) groups excluding carboxylic acids is 4. The van der Waals surface area contributed by atoms with Gasteiger partial charge in [0.25, 0.3) is 0 Å². The van der Waals surface area contributed by atoms with Gasteiger partial charge in [0.05, 0.1) is 31.2 Å². The van der Waals surface area contributed by atoms with Gasteiger partial charge >= 0.3 is 0 Å². The van der Waals surface area contributed by atoms with E-state index in [1.807, 2.05) is 74.5 Å². The number of hydrogen-bond acceptors (Lipinski definition) is 7. The number of hydrogen-bond donors (Lipinski definition) is 3. The molecule has 1 saturated heterocycles. The van der Waals surface area contributed by atoms with E-state index in [0.717, 1.165) is 24.0 Å². The van der Waals surface area contributed by atoms with E-state index < -0.39 is 17.9 Å². The summed E-state index contributed by atoms with van der Waals surface area (Å²) in [5.74, 6) is -1.84. The van der Waals surface area contributed by atoms with E-state index in [1.165, 1.54) is 0 Å². The predicted molar refractivity (Wildman–Crippen MR) is 184 cm³/mol. The van der Waals surface area contributed by atoms with Gasteiger partial charge in [0, 0.05) is 45.4 Å². The van der Waals surface area contributed by atoms with Gasteiger partial charge < -0.3 is 31.3 Å². The highest BCUT2D eigenvalue weighted by Gasteiger charge is 2.33. The molecule has 10 nitrogen and oxygen atoms in total. The van der Waals surface area contributed by atoms with Crippen molar-refractivity contribution in [2.45, 2.75) is 70.9 Å². The van der Waals surface area contributed by atoms with Crippen LogP contribution in [0.3, 0.4) is 0 Å². The molecule has 5 N–H and O–H groups in total. The number of benzene rings is 2. The summed E-state index contributed by atoms with van der Waals surface area (Å²) in [6, 6.07) is 18.1. The Kier molecular flexibility index (Phi) is 16.0. The van der Waals surface area contributed by atoms with Gasteiger partial charge in [-0.1, -0.05) is 80.9 Å². The van der Waals surface area contributed by atoms with Crippen LogP contribution < -0.4 is 16.8 Å². The summed E-state index contributed by atoms with van der Waals surface area (Å²) in [5.41, 5.74) is 13.7. The van der Waals surface area contributed by atoms with Gasteiger partial charge in [-0.25, -0.2) is 0 Å². The van der Waals surface area contributed by atoms with Gasteiger partial charge in [0.1, 0.15) is 0 Å². The van der Waals surface area contributed by atoms with Crippen LogP contribution in [0.1, 0.15) is 69.5 Å². The number of morpholine rings is 1. The molecular weight excluding hydrogens is 594 g/mol. The monoisotopic (exact) mass is 649 g/mol. The van der Waals surface area contributed by atoms with Crippen LogP contribution in [0.5, 0.6) is 0 Å². The second-order valence-corrected chi connectivity index (χ2v) is 13.0. The summed E-state index contributed by atoms with van der Waals surface area (Å²) < 4.78 is 5.43. The third kappa shape index (κ3) is 12.2. The van der Waals surface area contributed by atoms with Crippen molar-refractivity contribution in [2.24, 2.45) is 29.2 Å². The maximum atomic E-state index is 14.0. The first kappa shape index (κ1) is 37.9. The highest BCUT2D eigenvalue weighted by molar-refractivity contribution is 5.94. The molecule has 4 atom stereocenters. The van der Waals surface area contributed by atoms with E-state index >= 15 is 0 Å². The quantitative estimate of drug-likeness (QED) is 0.197. The van der Waals surface area contributed by atoms with E-state index in [4.69, 9.17) is 16.2 Å². The summed E-state index contributed by atoms with van der Waals surface area (Å²) >= 11 is 0. The number of amides is 3. The van der Waals surface area contributed by atoms with E-state index in [2.05, 4.69) is 5.32 Å². The fourth-order valence-corrected chi connectivity index (χ4v) is 6.18. The Labute approximate surface area is 280 Å². The zero-order chi connectivity index (χ0) is 34.2. The van der Waals surface area contributed by atoms with Gasteiger partial charge in [-0.05, 0) is 49.3 Å². The van der Waals surface area contributed by atoms with Crippen LogP contribution in [0.25, 0.3) is 0 Å². The van der Waals surface area contributed by atoms with Gasteiger partial charge in [-0.15, -0.1) is 0 Å². The maximum absolute atomic E-state index is 14.0. The summed E-state index contributed by atoms with van der Waals surface area (Å²) in [6.45, 7) is 6.73. The number of unbranched alkanes of at least 4 members (excludes halogenated alkanes) is 1. The molecule has 258 valence electrons. The molecule has 2 aromatic carbocycles. The standard InChI is InChI=1S/C37H55N5O5/c1-27(2)22-32(34(43)24-30(16-10-11-17-38)37(46)42-18-20-47-21-19-42)40-36(45)31(23-28-12-6-4-7-13-28)25-35(44)41(3)33(26-39)29-14-8-5-9-15-29/h4-9,12-15,27,30-33H,10-11,16-26,38-39H2,1-3H3,(H,40,45)/t30-,31-,32+,33?/m0/s1. The lowest BCUT2D eigenvalue weighted by Gasteiger charge is -2.31. The van der Waals surface area contributed by atoms with Crippen LogP contribution in [0, 0.1) is 17.8 Å². The second-order valence-electron chi connectivity index (χ2n) is 13.0. The molecule has 3 amide bonds. The van der Waals surface area contributed by atoms with Crippen LogP contribution in [-0.2, 0) is 30.3 Å². The van der Waals surface area contributed by atoms with Crippen LogP contribution in [0.4, 0.5) is 0 Å². The molecule has 2 aromatic rings. The fraction of sp³-hybridized carbons (Fsp3) is 0.568. The summed E-state index contributed by atoms with van der Waals surface area (Å²) in [7, 11) is 1.71. The zero-order valence-electron chi connectivity index (χ0n) is 28.4. The van der Waals surface area contributed by atoms with Crippen molar-refractivity contribution in [2.75, 3.05) is 46.4 Å². The molecule has 0 aliphatic carbocycles. The minimum atomic E-state index is -0.774. The number of rotatable bonds is 19. The number of nitrogens with two attached hydrogens (primary N) is 2. The Hall–Kier alpha value is -3.60. The van der Waals surface area contributed by atoms with Crippen LogP contribution in [0.2, 0.25) is 0 Å². The average Bonchev–Trinajstić information content (AvgIpc) is 3.08. The minimum Gasteiger partial charge on any atom is -0.378 e. The van der Waals surface area contributed by atoms with Crippen LogP contribution >= 0.6 is 0 Å². The average molecular weight is 650 g/mol. The highest BCUT2D eigenvalue weighted by Crippen LogP contribution is 2.24. The Morgan fingerprint density at radius 1 is 0.894 bits per heavy atom. The fourth-order valence-electron chi connectivity index (χ4n) is 6.18. The summed E-state index contributed by atoms with van der Waals surface area (Å²) in [6.07, 6.45) is 2.84. The molecule has 0 spiro atoms. The van der Waals surface area contributed by atoms with Crippen molar-refractivity contribution in [3.8, 4) is 0 Å². The number of likely N-dealkylation sites (N-methyl/N-ethyl adjacent to an activating group) is 1. The van der Waals surface area contributed by atoms with Crippen LogP contribution in [-0.4, -0.2) is 85.8 Å². The van der Waals surface area contributed by atoms with Gasteiger partial charge in [-0.2, -0.15) is 0 Å². The number of ether oxygens (including phenoxy) is 1. The third-order valence-electron chi connectivity index (χ3n) is 8.92. The van der Waals surface area contributed by atoms with Gasteiger partial charge in [-0.3, -0.25) is 19.2 Å². The lowest BCUT2D eigenvalue weighted by molar-refractivity contribution is -0.142. The molecule has 1 aliphatic rings. The molecule has 1 aliphatic heterocycles. The third-order valence-corrected chi connectivity index (χ3v) is 8.92. The molecule has 0 radical (unpaired) electrons. The zero-order valence-corrected chi connectivity index (χ0v) is 28.4. The van der Waals surface area contributed by atoms with Crippen molar-refractivity contribution >= 4 is 23.5 Å². The largest absolute Gasteiger partial charge is 0.378 e. The number of nitrogens with one attached hydrogen (secondary N) is 1. The van der Waals surface area contributed by atoms with E-state index in [-0.39, 0.29) is 54.9 Å². The Bertz CT molecular complexity index is 1250. The number of Topliss-reactive ketones (excluding diaryl/α,β-unsaturated/α-hetero) is 1. The maximum Gasteiger partial charge on any atom is 0.226 e. The molecule has 47 heavy (non-hydrogen) atoms. The number of ketones is 1. The molecule has 3 rings (SSSR count). The Balaban J connectivity index is 1.80. The van der Waals surface area contributed by atoms with E-state index in [1.54, 1.807) is 16.8 Å². The van der Waals surface area contributed by atoms with Crippen molar-refractivity contribution < 1.29 is 23.9 Å². The topological polar surface area (TPSA) is 148 Å². The SMILES string of the molecule is CC(C)C[C@@H](NC(=O)[C@H](CC(=O)N(C)C(CN)c1ccccc1)Cc1ccccc1)C(=O)C[C@H](CCCCN)C(=O)N1CCOCC1. The van der Waals surface area contributed by atoms with Crippen molar-refractivity contribution in [3.05, 3.63) is 71.8 Å². The molecule has 1 unspecified atom stereocenters. The van der Waals surface area contributed by atoms with Crippen LogP contribution in [0.15, 0.2) is 60.7 Å². The molecule has 0 saturated carbocycles. The molecular formula is C37H55N5O5. The number of nitrogens with zero attached hydrogens (tertiary/aromatic N) is 2. The molecule has 1 heterocycles. The normalized spacial score (nSPS) is 15.8. The first-order valence-electron chi connectivity index (χ1n) is 17.1. The molecule has 0 bridgehead atoms. The first-order chi connectivity index (χ1) is 22.6. The summed E-state index contributed by atoms with van der Waals surface area (Å²) in [4.78, 5) is 58.5. The molecule has 10 heteroatoms. The second kappa shape index (κ2) is 19.9. The van der Waals surface area contributed by atoms with Crippen molar-refractivity contribution in [3.63, 3.8) is 0 Å². The Morgan fingerprint density at radius 3 is 2.13 bits per heavy atom. The predicted octanol–water partition coefficient (Wildman–Crippen LogP) is 3.49. The Morgan fingerprint density at radius 2 is 1.53 bits per heavy atom. The number of carbonyl (C=O) groups is 4. The lowest BCUT2D eigenvalue weighted by atomic mass is 9.88. The van der Waals surface area contributed by atoms with Crippen molar-refractivity contribution in [1.29, 1.82) is 0 Å². The van der Waals surface area contributed by atoms with E-state index in [9.17, 15) is 19.2 Å². The first-order valence-corrected chi connectivity index (χ1v) is 17.1.